The van der Waals surface area contributed by atoms with E-state index in [9.17, 15) is 4.79 Å². The molecule has 0 unspecified atom stereocenters. The molecule has 0 bridgehead atoms. The Morgan fingerprint density at radius 3 is 2.96 bits per heavy atom. The normalized spacial score (nSPS) is 15.6. The number of nitrogens with zero attached hydrogens (tertiary/aromatic N) is 2. The van der Waals surface area contributed by atoms with Crippen molar-refractivity contribution in [3.8, 4) is 0 Å². The second kappa shape index (κ2) is 11.3. The summed E-state index contributed by atoms with van der Waals surface area (Å²) in [5.74, 6) is 0.717. The van der Waals surface area contributed by atoms with Crippen molar-refractivity contribution >= 4 is 41.5 Å². The van der Waals surface area contributed by atoms with Gasteiger partial charge in [-0.2, -0.15) is 0 Å². The Balaban J connectivity index is 0.00000288. The molecule has 1 amide bonds. The average molecular weight is 444 g/mol. The monoisotopic (exact) mass is 444 g/mol. The van der Waals surface area contributed by atoms with Gasteiger partial charge in [0.05, 0.1) is 0 Å². The number of carbonyl (C=O) groups is 1. The molecule has 1 aromatic rings. The Kier molecular flexibility index (Phi) is 9.75. The van der Waals surface area contributed by atoms with Gasteiger partial charge in [0.25, 0.3) is 0 Å². The van der Waals surface area contributed by atoms with Gasteiger partial charge in [0, 0.05) is 31.7 Å². The van der Waals surface area contributed by atoms with Gasteiger partial charge in [0.1, 0.15) is 0 Å². The lowest BCUT2D eigenvalue weighted by molar-refractivity contribution is -0.130. The Labute approximate surface area is 162 Å². The molecule has 0 atom stereocenters. The van der Waals surface area contributed by atoms with Gasteiger partial charge in [-0.15, -0.1) is 24.0 Å². The lowest BCUT2D eigenvalue weighted by Crippen LogP contribution is -2.31. The Morgan fingerprint density at radius 1 is 1.33 bits per heavy atom. The highest BCUT2D eigenvalue weighted by molar-refractivity contribution is 14.0. The van der Waals surface area contributed by atoms with Crippen LogP contribution in [0.25, 0.3) is 0 Å². The lowest BCUT2D eigenvalue weighted by atomic mass is 10.1. The average Bonchev–Trinajstić information content (AvgIpc) is 2.76. The molecule has 1 aliphatic rings. The number of aliphatic imine (C=N–C) groups is 1. The lowest BCUT2D eigenvalue weighted by Gasteiger charge is -2.19. The van der Waals surface area contributed by atoms with E-state index in [0.717, 1.165) is 50.9 Å². The number of likely N-dealkylation sites (tertiary alicyclic amines) is 1. The number of carbonyl (C=O) groups excluding carboxylic acids is 1. The van der Waals surface area contributed by atoms with Crippen molar-refractivity contribution in [3.63, 3.8) is 0 Å². The molecule has 1 aliphatic heterocycles. The first kappa shape index (κ1) is 20.7. The highest BCUT2D eigenvalue weighted by Gasteiger charge is 2.15. The molecule has 1 saturated heterocycles. The van der Waals surface area contributed by atoms with Crippen LogP contribution in [0, 0.1) is 0 Å². The summed E-state index contributed by atoms with van der Waals surface area (Å²) in [5, 5.41) is 3.12. The molecular weight excluding hydrogens is 415 g/mol. The van der Waals surface area contributed by atoms with Crippen LogP contribution >= 0.6 is 24.0 Å². The summed E-state index contributed by atoms with van der Waals surface area (Å²) < 4.78 is 0. The first-order valence-corrected chi connectivity index (χ1v) is 8.62. The molecule has 0 spiro atoms. The molecule has 1 fully saturated rings. The zero-order valence-corrected chi connectivity index (χ0v) is 16.8. The quantitative estimate of drug-likeness (QED) is 0.306. The summed E-state index contributed by atoms with van der Waals surface area (Å²) in [6.45, 7) is 4.43. The fourth-order valence-corrected chi connectivity index (χ4v) is 2.79. The molecule has 0 saturated carbocycles. The summed E-state index contributed by atoms with van der Waals surface area (Å²) in [5.41, 5.74) is 8.16. The van der Waals surface area contributed by atoms with Gasteiger partial charge >= 0.3 is 0 Å². The molecule has 1 heterocycles. The molecule has 3 N–H and O–H groups in total. The van der Waals surface area contributed by atoms with Gasteiger partial charge in [-0.3, -0.25) is 9.79 Å². The number of nitrogens with two attached hydrogens (primary N) is 1. The molecule has 1 aromatic carbocycles. The highest BCUT2D eigenvalue weighted by Crippen LogP contribution is 2.12. The van der Waals surface area contributed by atoms with E-state index in [1.54, 1.807) is 0 Å². The minimum atomic E-state index is 0. The van der Waals surface area contributed by atoms with Gasteiger partial charge in [-0.1, -0.05) is 25.5 Å². The van der Waals surface area contributed by atoms with Gasteiger partial charge in [-0.05, 0) is 43.4 Å². The van der Waals surface area contributed by atoms with Crippen LogP contribution < -0.4 is 11.1 Å². The van der Waals surface area contributed by atoms with Gasteiger partial charge in [0.2, 0.25) is 5.91 Å². The van der Waals surface area contributed by atoms with E-state index in [4.69, 9.17) is 5.73 Å². The molecule has 24 heavy (non-hydrogen) atoms. The molecule has 0 aliphatic carbocycles. The Hall–Kier alpha value is -1.31. The third-order valence-corrected chi connectivity index (χ3v) is 4.15. The topological polar surface area (TPSA) is 70.7 Å². The smallest absolute Gasteiger partial charge is 0.222 e. The maximum atomic E-state index is 11.9. The van der Waals surface area contributed by atoms with Crippen LogP contribution in [0.3, 0.4) is 0 Å². The fourth-order valence-electron chi connectivity index (χ4n) is 2.79. The van der Waals surface area contributed by atoms with E-state index in [1.165, 1.54) is 5.56 Å². The minimum Gasteiger partial charge on any atom is -0.370 e. The second-order valence-electron chi connectivity index (χ2n) is 5.99. The maximum Gasteiger partial charge on any atom is 0.222 e. The second-order valence-corrected chi connectivity index (χ2v) is 5.99. The summed E-state index contributed by atoms with van der Waals surface area (Å²) in [7, 11) is 0. The van der Waals surface area contributed by atoms with Gasteiger partial charge in [-0.25, -0.2) is 0 Å². The molecular formula is C18H29IN4O. The number of guanidine groups is 1. The van der Waals surface area contributed by atoms with Crippen molar-refractivity contribution < 1.29 is 4.79 Å². The number of hydrogen-bond acceptors (Lipinski definition) is 2. The summed E-state index contributed by atoms with van der Waals surface area (Å²) in [6, 6.07) is 8.17. The zero-order valence-electron chi connectivity index (χ0n) is 14.5. The van der Waals surface area contributed by atoms with Gasteiger partial charge < -0.3 is 16.0 Å². The van der Waals surface area contributed by atoms with E-state index in [-0.39, 0.29) is 29.9 Å². The number of amides is 1. The SMILES string of the molecule is CCc1cccc(NC(N)=NCCCN2CCCCCC2=O)c1.I. The van der Waals surface area contributed by atoms with E-state index < -0.39 is 0 Å². The maximum absolute atomic E-state index is 11.9. The van der Waals surface area contributed by atoms with Crippen LogP contribution in [0.2, 0.25) is 0 Å². The van der Waals surface area contributed by atoms with Crippen molar-refractivity contribution in [2.75, 3.05) is 25.0 Å². The van der Waals surface area contributed by atoms with Crippen molar-refractivity contribution in [3.05, 3.63) is 29.8 Å². The molecule has 0 aromatic heterocycles. The molecule has 5 nitrogen and oxygen atoms in total. The fraction of sp³-hybridized carbons (Fsp3) is 0.556. The number of hydrogen-bond donors (Lipinski definition) is 2. The third-order valence-electron chi connectivity index (χ3n) is 4.15. The largest absolute Gasteiger partial charge is 0.370 e. The Bertz CT molecular complexity index is 548. The summed E-state index contributed by atoms with van der Waals surface area (Å²) >= 11 is 0. The van der Waals surface area contributed by atoms with Gasteiger partial charge in [0.15, 0.2) is 5.96 Å². The van der Waals surface area contributed by atoms with Crippen LogP contribution in [0.1, 0.15) is 44.6 Å². The zero-order chi connectivity index (χ0) is 16.5. The van der Waals surface area contributed by atoms with E-state index >= 15 is 0 Å². The van der Waals surface area contributed by atoms with E-state index in [1.807, 2.05) is 17.0 Å². The van der Waals surface area contributed by atoms with Crippen molar-refractivity contribution in [2.24, 2.45) is 10.7 Å². The first-order valence-electron chi connectivity index (χ1n) is 8.62. The molecule has 2 rings (SSSR count). The minimum absolute atomic E-state index is 0. The van der Waals surface area contributed by atoms with Crippen molar-refractivity contribution in [1.82, 2.24) is 4.90 Å². The number of aryl methyl sites for hydroxylation is 1. The number of anilines is 1. The summed E-state index contributed by atoms with van der Waals surface area (Å²) in [6.07, 6.45) is 5.85. The van der Waals surface area contributed by atoms with E-state index in [0.29, 0.717) is 18.9 Å². The number of nitrogens with one attached hydrogen (secondary N) is 1. The number of benzene rings is 1. The van der Waals surface area contributed by atoms with Crippen molar-refractivity contribution in [2.45, 2.75) is 45.4 Å². The first-order chi connectivity index (χ1) is 11.2. The number of halogens is 1. The van der Waals surface area contributed by atoms with Crippen LogP contribution in [0.15, 0.2) is 29.3 Å². The highest BCUT2D eigenvalue weighted by atomic mass is 127. The third kappa shape index (κ3) is 7.07. The summed E-state index contributed by atoms with van der Waals surface area (Å²) in [4.78, 5) is 18.2. The predicted molar refractivity (Wildman–Crippen MR) is 111 cm³/mol. The molecule has 134 valence electrons. The molecule has 0 radical (unpaired) electrons. The van der Waals surface area contributed by atoms with Crippen LogP contribution in [-0.2, 0) is 11.2 Å². The van der Waals surface area contributed by atoms with Crippen LogP contribution in [0.4, 0.5) is 5.69 Å². The van der Waals surface area contributed by atoms with Crippen LogP contribution in [0.5, 0.6) is 0 Å². The van der Waals surface area contributed by atoms with Crippen molar-refractivity contribution in [1.29, 1.82) is 0 Å². The predicted octanol–water partition coefficient (Wildman–Crippen LogP) is 3.39. The van der Waals surface area contributed by atoms with E-state index in [2.05, 4.69) is 29.4 Å². The Morgan fingerprint density at radius 2 is 2.17 bits per heavy atom. The standard InChI is InChI=1S/C18H28N4O.HI/c1-2-15-8-6-9-16(14-15)21-18(19)20-11-7-13-22-12-5-3-4-10-17(22)23;/h6,8-9,14H,2-5,7,10-13H2,1H3,(H3,19,20,21);1H. The number of rotatable bonds is 6. The molecule has 6 heteroatoms. The van der Waals surface area contributed by atoms with Crippen LogP contribution in [-0.4, -0.2) is 36.4 Å².